The van der Waals surface area contributed by atoms with Gasteiger partial charge in [-0.15, -0.1) is 0 Å². The van der Waals surface area contributed by atoms with Gasteiger partial charge >= 0.3 is 0 Å². The minimum atomic E-state index is -0.660. The number of hydrogen-bond donors (Lipinski definition) is 2. The van der Waals surface area contributed by atoms with E-state index in [-0.39, 0.29) is 12.6 Å². The molecule has 0 fully saturated rings. The molecule has 1 aromatic heterocycles. The van der Waals surface area contributed by atoms with Crippen molar-refractivity contribution < 1.29 is 9.84 Å². The van der Waals surface area contributed by atoms with E-state index < -0.39 is 6.10 Å². The summed E-state index contributed by atoms with van der Waals surface area (Å²) >= 11 is 12.0. The van der Waals surface area contributed by atoms with Gasteiger partial charge in [0.25, 0.3) is 0 Å². The van der Waals surface area contributed by atoms with Crippen molar-refractivity contribution in [3.05, 3.63) is 46.7 Å². The summed E-state index contributed by atoms with van der Waals surface area (Å²) in [7, 11) is 0. The van der Waals surface area contributed by atoms with E-state index in [2.05, 4.69) is 10.4 Å². The monoisotopic (exact) mass is 343 g/mol. The van der Waals surface area contributed by atoms with Crippen LogP contribution in [0.15, 0.2) is 36.7 Å². The van der Waals surface area contributed by atoms with Crippen molar-refractivity contribution in [1.82, 2.24) is 15.1 Å². The molecule has 0 saturated carbocycles. The Labute approximate surface area is 139 Å². The number of aliphatic hydroxyl groups excluding tert-OH is 1. The van der Waals surface area contributed by atoms with Crippen LogP contribution in [0.2, 0.25) is 10.0 Å². The van der Waals surface area contributed by atoms with Crippen molar-refractivity contribution in [2.24, 2.45) is 0 Å². The maximum atomic E-state index is 9.97. The number of aromatic nitrogens is 2. The molecule has 2 rings (SSSR count). The number of nitrogens with zero attached hydrogens (tertiary/aromatic N) is 2. The molecule has 2 atom stereocenters. The molecule has 22 heavy (non-hydrogen) atoms. The van der Waals surface area contributed by atoms with Crippen molar-refractivity contribution in [3.8, 4) is 5.75 Å². The van der Waals surface area contributed by atoms with Gasteiger partial charge in [-0.2, -0.15) is 5.10 Å². The Bertz CT molecular complexity index is 558. The van der Waals surface area contributed by atoms with E-state index in [9.17, 15) is 5.11 Å². The van der Waals surface area contributed by atoms with Crippen LogP contribution in [-0.4, -0.2) is 40.2 Å². The van der Waals surface area contributed by atoms with E-state index in [4.69, 9.17) is 27.9 Å². The molecule has 7 heteroatoms. The molecule has 0 bridgehead atoms. The molecular formula is C15H19Cl2N3O2. The summed E-state index contributed by atoms with van der Waals surface area (Å²) in [5.74, 6) is 0.398. The Morgan fingerprint density at radius 3 is 2.68 bits per heavy atom. The second-order valence-electron chi connectivity index (χ2n) is 5.05. The number of rotatable bonds is 8. The van der Waals surface area contributed by atoms with Crippen LogP contribution in [0.1, 0.15) is 6.92 Å². The number of benzene rings is 1. The normalized spacial score (nSPS) is 13.8. The zero-order valence-electron chi connectivity index (χ0n) is 12.2. The van der Waals surface area contributed by atoms with Gasteiger partial charge in [-0.3, -0.25) is 4.68 Å². The fraction of sp³-hybridized carbons (Fsp3) is 0.400. The molecule has 0 aliphatic heterocycles. The summed E-state index contributed by atoms with van der Waals surface area (Å²) in [5.41, 5.74) is 0. The minimum Gasteiger partial charge on any atom is -0.488 e. The molecule has 0 aliphatic rings. The Balaban J connectivity index is 1.72. The van der Waals surface area contributed by atoms with E-state index in [0.717, 1.165) is 6.54 Å². The summed E-state index contributed by atoms with van der Waals surface area (Å²) in [4.78, 5) is 0. The molecular weight excluding hydrogens is 325 g/mol. The summed E-state index contributed by atoms with van der Waals surface area (Å²) in [6.45, 7) is 3.28. The van der Waals surface area contributed by atoms with Crippen LogP contribution in [0, 0.1) is 0 Å². The molecule has 0 radical (unpaired) electrons. The lowest BCUT2D eigenvalue weighted by atomic mass is 10.3. The third-order valence-corrected chi connectivity index (χ3v) is 3.66. The molecule has 0 amide bonds. The maximum absolute atomic E-state index is 9.97. The first-order chi connectivity index (χ1) is 10.6. The topological polar surface area (TPSA) is 59.3 Å². The molecule has 0 spiro atoms. The molecule has 2 N–H and O–H groups in total. The number of aliphatic hydroxyl groups is 1. The van der Waals surface area contributed by atoms with Gasteiger partial charge in [0.05, 0.1) is 16.6 Å². The third kappa shape index (κ3) is 5.18. The van der Waals surface area contributed by atoms with E-state index in [1.54, 1.807) is 24.4 Å². The summed E-state index contributed by atoms with van der Waals surface area (Å²) in [6.07, 6.45) is 2.98. The van der Waals surface area contributed by atoms with Gasteiger partial charge < -0.3 is 15.2 Å². The lowest BCUT2D eigenvalue weighted by Crippen LogP contribution is -2.38. The van der Waals surface area contributed by atoms with Crippen molar-refractivity contribution in [1.29, 1.82) is 0 Å². The van der Waals surface area contributed by atoms with Crippen molar-refractivity contribution in [2.75, 3.05) is 13.2 Å². The van der Waals surface area contributed by atoms with Crippen molar-refractivity contribution >= 4 is 23.2 Å². The summed E-state index contributed by atoms with van der Waals surface area (Å²) in [6, 6.07) is 7.19. The highest BCUT2D eigenvalue weighted by atomic mass is 35.5. The van der Waals surface area contributed by atoms with Crippen molar-refractivity contribution in [3.63, 3.8) is 0 Å². The number of ether oxygens (including phenoxy) is 1. The van der Waals surface area contributed by atoms with Gasteiger partial charge in [-0.1, -0.05) is 29.3 Å². The number of para-hydroxylation sites is 1. The van der Waals surface area contributed by atoms with Gasteiger partial charge in [-0.25, -0.2) is 0 Å². The first-order valence-electron chi connectivity index (χ1n) is 7.02. The van der Waals surface area contributed by atoms with Crippen molar-refractivity contribution in [2.45, 2.75) is 25.6 Å². The van der Waals surface area contributed by atoms with Crippen LogP contribution in [0.5, 0.6) is 5.75 Å². The number of hydrogen-bond acceptors (Lipinski definition) is 4. The highest BCUT2D eigenvalue weighted by Crippen LogP contribution is 2.32. The zero-order chi connectivity index (χ0) is 15.9. The lowest BCUT2D eigenvalue weighted by molar-refractivity contribution is 0.103. The SMILES string of the molecule is CC(Cn1cccn1)NCC(O)COc1c(Cl)cccc1Cl. The third-order valence-electron chi connectivity index (χ3n) is 3.06. The Hall–Kier alpha value is -1.27. The van der Waals surface area contributed by atoms with Crippen LogP contribution >= 0.6 is 23.2 Å². The highest BCUT2D eigenvalue weighted by Gasteiger charge is 2.12. The molecule has 2 unspecified atom stereocenters. The van der Waals surface area contributed by atoms with Gasteiger partial charge in [0.2, 0.25) is 0 Å². The second-order valence-corrected chi connectivity index (χ2v) is 5.87. The van der Waals surface area contributed by atoms with E-state index >= 15 is 0 Å². The quantitative estimate of drug-likeness (QED) is 0.773. The average molecular weight is 344 g/mol. The molecule has 1 aromatic carbocycles. The average Bonchev–Trinajstić information content (AvgIpc) is 2.97. The lowest BCUT2D eigenvalue weighted by Gasteiger charge is -2.18. The molecule has 5 nitrogen and oxygen atoms in total. The van der Waals surface area contributed by atoms with E-state index in [1.165, 1.54) is 0 Å². The summed E-state index contributed by atoms with van der Waals surface area (Å²) < 4.78 is 7.33. The van der Waals surface area contributed by atoms with Gasteiger partial charge in [-0.05, 0) is 25.1 Å². The largest absolute Gasteiger partial charge is 0.488 e. The highest BCUT2D eigenvalue weighted by molar-refractivity contribution is 6.37. The first kappa shape index (κ1) is 17.1. The molecule has 120 valence electrons. The van der Waals surface area contributed by atoms with E-state index in [1.807, 2.05) is 23.9 Å². The Morgan fingerprint density at radius 2 is 2.05 bits per heavy atom. The predicted octanol–water partition coefficient (Wildman–Crippen LogP) is 2.61. The second kappa shape index (κ2) is 8.39. The van der Waals surface area contributed by atoms with Crippen LogP contribution in [0.3, 0.4) is 0 Å². The van der Waals surface area contributed by atoms with Crippen LogP contribution < -0.4 is 10.1 Å². The fourth-order valence-electron chi connectivity index (χ4n) is 1.95. The first-order valence-corrected chi connectivity index (χ1v) is 7.77. The van der Waals surface area contributed by atoms with Gasteiger partial charge in [0, 0.05) is 25.0 Å². The maximum Gasteiger partial charge on any atom is 0.156 e. The van der Waals surface area contributed by atoms with Gasteiger partial charge in [0.15, 0.2) is 5.75 Å². The Kier molecular flexibility index (Phi) is 6.51. The fourth-order valence-corrected chi connectivity index (χ4v) is 2.46. The number of nitrogens with one attached hydrogen (secondary N) is 1. The van der Waals surface area contributed by atoms with Gasteiger partial charge in [0.1, 0.15) is 12.7 Å². The minimum absolute atomic E-state index is 0.116. The van der Waals surface area contributed by atoms with Crippen LogP contribution in [-0.2, 0) is 6.54 Å². The van der Waals surface area contributed by atoms with Crippen LogP contribution in [0.4, 0.5) is 0 Å². The number of halogens is 2. The molecule has 0 saturated heterocycles. The van der Waals surface area contributed by atoms with E-state index in [0.29, 0.717) is 22.3 Å². The molecule has 0 aliphatic carbocycles. The zero-order valence-corrected chi connectivity index (χ0v) is 13.8. The predicted molar refractivity (Wildman–Crippen MR) is 87.7 cm³/mol. The van der Waals surface area contributed by atoms with Crippen LogP contribution in [0.25, 0.3) is 0 Å². The standard InChI is InChI=1S/C15H19Cl2N3O2/c1-11(9-20-7-3-6-19-20)18-8-12(21)10-22-15-13(16)4-2-5-14(15)17/h2-7,11-12,18,21H,8-10H2,1H3. The Morgan fingerprint density at radius 1 is 1.32 bits per heavy atom. The smallest absolute Gasteiger partial charge is 0.156 e. The summed E-state index contributed by atoms with van der Waals surface area (Å²) in [5, 5.41) is 18.2. The molecule has 2 aromatic rings. The molecule has 1 heterocycles.